The number of pyridine rings is 1. The van der Waals surface area contributed by atoms with E-state index in [0.29, 0.717) is 6.54 Å². The van der Waals surface area contributed by atoms with Crippen LogP contribution in [0.3, 0.4) is 0 Å². The number of anilines is 1. The Hall–Kier alpha value is -2.77. The van der Waals surface area contributed by atoms with E-state index >= 15 is 0 Å². The maximum Gasteiger partial charge on any atom is 0.0931 e. The van der Waals surface area contributed by atoms with Crippen LogP contribution < -0.4 is 5.32 Å². The molecule has 4 nitrogen and oxygen atoms in total. The summed E-state index contributed by atoms with van der Waals surface area (Å²) in [5.74, 6) is 6.59. The largest absolute Gasteiger partial charge is 0.373 e. The van der Waals surface area contributed by atoms with Crippen LogP contribution in [0.2, 0.25) is 0 Å². The summed E-state index contributed by atoms with van der Waals surface area (Å²) in [7, 11) is 0. The predicted molar refractivity (Wildman–Crippen MR) is 119 cm³/mol. The summed E-state index contributed by atoms with van der Waals surface area (Å²) in [6.07, 6.45) is 1.84. The minimum absolute atomic E-state index is 0.600. The summed E-state index contributed by atoms with van der Waals surface area (Å²) < 4.78 is 2.29. The van der Waals surface area contributed by atoms with Gasteiger partial charge in [-0.15, -0.1) is 0 Å². The van der Waals surface area contributed by atoms with Gasteiger partial charge in [0.05, 0.1) is 24.1 Å². The Morgan fingerprint density at radius 1 is 1.07 bits per heavy atom. The van der Waals surface area contributed by atoms with Crippen molar-refractivity contribution in [1.82, 2.24) is 14.5 Å². The van der Waals surface area contributed by atoms with Crippen LogP contribution in [0, 0.1) is 18.8 Å². The molecule has 1 aromatic carbocycles. The molecule has 0 aliphatic rings. The third-order valence-corrected chi connectivity index (χ3v) is 5.09. The van der Waals surface area contributed by atoms with Crippen molar-refractivity contribution in [3.63, 3.8) is 0 Å². The monoisotopic (exact) mass is 374 g/mol. The van der Waals surface area contributed by atoms with Crippen LogP contribution in [0.1, 0.15) is 37.7 Å². The summed E-state index contributed by atoms with van der Waals surface area (Å²) in [4.78, 5) is 6.73. The van der Waals surface area contributed by atoms with Gasteiger partial charge in [0.2, 0.25) is 0 Å². The van der Waals surface area contributed by atoms with Crippen LogP contribution in [0.25, 0.3) is 10.9 Å². The topological polar surface area (TPSA) is 33.1 Å². The highest BCUT2D eigenvalue weighted by Crippen LogP contribution is 2.22. The molecule has 0 atom stereocenters. The molecule has 1 N–H and O–H groups in total. The number of fused-ring (bicyclic) bond motifs is 1. The van der Waals surface area contributed by atoms with Crippen LogP contribution >= 0.6 is 0 Å². The molecule has 2 aromatic heterocycles. The molecule has 3 rings (SSSR count). The number of hydrogen-bond donors (Lipinski definition) is 1. The second-order valence-electron chi connectivity index (χ2n) is 6.97. The van der Waals surface area contributed by atoms with Gasteiger partial charge in [0.1, 0.15) is 0 Å². The third-order valence-electron chi connectivity index (χ3n) is 5.09. The van der Waals surface area contributed by atoms with Gasteiger partial charge in [-0.1, -0.05) is 25.8 Å². The van der Waals surface area contributed by atoms with Gasteiger partial charge in [0.15, 0.2) is 0 Å². The van der Waals surface area contributed by atoms with Crippen molar-refractivity contribution < 1.29 is 0 Å². The molecule has 4 heteroatoms. The van der Waals surface area contributed by atoms with Crippen molar-refractivity contribution in [2.45, 2.75) is 40.8 Å². The van der Waals surface area contributed by atoms with E-state index in [-0.39, 0.29) is 0 Å². The molecule has 0 amide bonds. The minimum Gasteiger partial charge on any atom is -0.373 e. The number of aromatic nitrogens is 2. The predicted octanol–water partition coefficient (Wildman–Crippen LogP) is 4.67. The maximum absolute atomic E-state index is 4.29. The highest BCUT2D eigenvalue weighted by atomic mass is 15.1. The number of nitrogens with zero attached hydrogens (tertiary/aromatic N) is 3. The first kappa shape index (κ1) is 20.0. The van der Waals surface area contributed by atoms with Gasteiger partial charge >= 0.3 is 0 Å². The molecule has 0 saturated carbocycles. The molecule has 0 bridgehead atoms. The van der Waals surface area contributed by atoms with Gasteiger partial charge in [0, 0.05) is 29.7 Å². The first-order valence-corrected chi connectivity index (χ1v) is 10.1. The van der Waals surface area contributed by atoms with E-state index in [4.69, 9.17) is 0 Å². The summed E-state index contributed by atoms with van der Waals surface area (Å²) in [6, 6.07) is 13.0. The summed E-state index contributed by atoms with van der Waals surface area (Å²) in [6.45, 7) is 13.2. The van der Waals surface area contributed by atoms with E-state index in [9.17, 15) is 0 Å². The van der Waals surface area contributed by atoms with Gasteiger partial charge in [-0.3, -0.25) is 9.88 Å². The first-order valence-electron chi connectivity index (χ1n) is 10.1. The van der Waals surface area contributed by atoms with Crippen LogP contribution in [-0.2, 0) is 13.1 Å². The van der Waals surface area contributed by atoms with Crippen molar-refractivity contribution in [3.8, 4) is 11.8 Å². The number of aryl methyl sites for hydroxylation is 2. The molecule has 0 unspecified atom stereocenters. The molecular formula is C24H30N4. The van der Waals surface area contributed by atoms with E-state index in [1.54, 1.807) is 0 Å². The van der Waals surface area contributed by atoms with E-state index in [0.717, 1.165) is 43.3 Å². The minimum atomic E-state index is 0.600. The van der Waals surface area contributed by atoms with Crippen molar-refractivity contribution in [2.75, 3.05) is 25.0 Å². The zero-order valence-electron chi connectivity index (χ0n) is 17.4. The Kier molecular flexibility index (Phi) is 6.73. The molecule has 0 saturated heterocycles. The van der Waals surface area contributed by atoms with Crippen molar-refractivity contribution in [3.05, 3.63) is 59.5 Å². The van der Waals surface area contributed by atoms with Crippen LogP contribution in [0.4, 0.5) is 5.69 Å². The Balaban J connectivity index is 1.76. The molecule has 0 aliphatic heterocycles. The highest BCUT2D eigenvalue weighted by Gasteiger charge is 2.08. The molecule has 0 radical (unpaired) electrons. The fourth-order valence-electron chi connectivity index (χ4n) is 3.42. The molecule has 0 fully saturated rings. The Morgan fingerprint density at radius 2 is 1.89 bits per heavy atom. The zero-order chi connectivity index (χ0) is 19.9. The normalized spacial score (nSPS) is 10.9. The van der Waals surface area contributed by atoms with E-state index in [2.05, 4.69) is 76.6 Å². The van der Waals surface area contributed by atoms with Gasteiger partial charge in [0.25, 0.3) is 0 Å². The lowest BCUT2D eigenvalue weighted by Crippen LogP contribution is -2.21. The third kappa shape index (κ3) is 4.74. The Morgan fingerprint density at radius 3 is 2.57 bits per heavy atom. The van der Waals surface area contributed by atoms with Gasteiger partial charge in [-0.2, -0.15) is 0 Å². The molecule has 146 valence electrons. The van der Waals surface area contributed by atoms with Crippen molar-refractivity contribution in [1.29, 1.82) is 0 Å². The second-order valence-corrected chi connectivity index (χ2v) is 6.97. The lowest BCUT2D eigenvalue weighted by Gasteiger charge is -2.18. The van der Waals surface area contributed by atoms with Crippen LogP contribution in [0.15, 0.2) is 42.6 Å². The molecule has 28 heavy (non-hydrogen) atoms. The van der Waals surface area contributed by atoms with Crippen molar-refractivity contribution >= 4 is 16.6 Å². The lowest BCUT2D eigenvalue weighted by molar-refractivity contribution is 0.296. The number of nitrogens with one attached hydrogen (secondary N) is 1. The zero-order valence-corrected chi connectivity index (χ0v) is 17.4. The highest BCUT2D eigenvalue weighted by molar-refractivity contribution is 5.83. The summed E-state index contributed by atoms with van der Waals surface area (Å²) in [5, 5.41) is 4.58. The summed E-state index contributed by atoms with van der Waals surface area (Å²) >= 11 is 0. The smallest absolute Gasteiger partial charge is 0.0931 e. The average Bonchev–Trinajstić information content (AvgIpc) is 3.07. The molecule has 3 aromatic rings. The van der Waals surface area contributed by atoms with Crippen LogP contribution in [0.5, 0.6) is 0 Å². The van der Waals surface area contributed by atoms with E-state index in [1.165, 1.54) is 16.5 Å². The average molecular weight is 375 g/mol. The quantitative estimate of drug-likeness (QED) is 0.610. The summed E-state index contributed by atoms with van der Waals surface area (Å²) in [5.41, 5.74) is 5.70. The maximum atomic E-state index is 4.29. The standard InChI is InChI=1S/C24H30N4/c1-5-27(6-2)18-20-11-13-24-21(15-20)16-23(28(24)7-3)9-8-14-25-22-12-10-19(4)26-17-22/h10-13,15-17,25H,5-7,14,18H2,1-4H3. The second kappa shape index (κ2) is 9.43. The van der Waals surface area contributed by atoms with E-state index < -0.39 is 0 Å². The fraction of sp³-hybridized carbons (Fsp3) is 0.375. The molecule has 2 heterocycles. The number of benzene rings is 1. The lowest BCUT2D eigenvalue weighted by atomic mass is 10.1. The van der Waals surface area contributed by atoms with Gasteiger partial charge in [-0.25, -0.2) is 0 Å². The molecule has 0 spiro atoms. The van der Waals surface area contributed by atoms with Crippen LogP contribution in [-0.4, -0.2) is 34.1 Å². The molecular weight excluding hydrogens is 344 g/mol. The van der Waals surface area contributed by atoms with Gasteiger partial charge in [-0.05, 0) is 68.8 Å². The number of rotatable bonds is 7. The van der Waals surface area contributed by atoms with Gasteiger partial charge < -0.3 is 9.88 Å². The number of hydrogen-bond acceptors (Lipinski definition) is 3. The first-order chi connectivity index (χ1) is 13.6. The SMILES string of the molecule is CCN(CC)Cc1ccc2c(c1)cc(C#CCNc1ccc(C)nc1)n2CC. The van der Waals surface area contributed by atoms with E-state index in [1.807, 2.05) is 25.3 Å². The Bertz CT molecular complexity index is 969. The molecule has 0 aliphatic carbocycles. The van der Waals surface area contributed by atoms with Crippen molar-refractivity contribution in [2.24, 2.45) is 0 Å². The fourth-order valence-corrected chi connectivity index (χ4v) is 3.42. The Labute approximate surface area is 168 Å².